The van der Waals surface area contributed by atoms with Crippen LogP contribution in [-0.4, -0.2) is 71.5 Å². The maximum absolute atomic E-state index is 13.7. The number of aliphatic hydroxyl groups excluding tert-OH is 1. The number of aryl methyl sites for hydroxylation is 2. The summed E-state index contributed by atoms with van der Waals surface area (Å²) in [6.07, 6.45) is 5.32. The standard InChI is InChI=1S/C34H39N7O4/c1-21-30(23-11-12-27(45-5)26(17-23)33(43)40-14-7-10-25(40)20-42)32-37-28(34(2,3)44)18-29(41(32)38-21)36-19-22-8-6-9-24(16-22)31-35-13-15-39(31)4/h6,8-9,11-13,15-18,25,36,42,44H,7,10,14,19-20H2,1-5H3/t25-/m1/s1. The number of benzene rings is 2. The van der Waals surface area contributed by atoms with Crippen LogP contribution in [0.3, 0.4) is 0 Å². The van der Waals surface area contributed by atoms with E-state index in [1.54, 1.807) is 42.6 Å². The normalized spacial score (nSPS) is 15.2. The summed E-state index contributed by atoms with van der Waals surface area (Å²) in [6, 6.07) is 15.3. The van der Waals surface area contributed by atoms with E-state index in [1.807, 2.05) is 61.1 Å². The molecule has 5 aromatic rings. The molecule has 234 valence electrons. The molecular formula is C34H39N7O4. The second-order valence-corrected chi connectivity index (χ2v) is 12.1. The number of hydrogen-bond acceptors (Lipinski definition) is 8. The van der Waals surface area contributed by atoms with Crippen LogP contribution in [0.2, 0.25) is 0 Å². The fourth-order valence-electron chi connectivity index (χ4n) is 6.04. The lowest BCUT2D eigenvalue weighted by Crippen LogP contribution is -2.37. The minimum Gasteiger partial charge on any atom is -0.496 e. The second-order valence-electron chi connectivity index (χ2n) is 12.1. The number of fused-ring (bicyclic) bond motifs is 1. The van der Waals surface area contributed by atoms with E-state index in [4.69, 9.17) is 14.8 Å². The molecule has 1 atom stereocenters. The van der Waals surface area contributed by atoms with Crippen molar-refractivity contribution in [3.05, 3.63) is 83.4 Å². The first kappa shape index (κ1) is 30.3. The van der Waals surface area contributed by atoms with Crippen LogP contribution in [0, 0.1) is 6.92 Å². The highest BCUT2D eigenvalue weighted by Gasteiger charge is 2.31. The van der Waals surface area contributed by atoms with Crippen molar-refractivity contribution in [1.29, 1.82) is 0 Å². The first-order chi connectivity index (χ1) is 21.6. The molecule has 11 nitrogen and oxygen atoms in total. The first-order valence-corrected chi connectivity index (χ1v) is 15.1. The lowest BCUT2D eigenvalue weighted by molar-refractivity contribution is 0.0674. The zero-order chi connectivity index (χ0) is 31.9. The number of carbonyl (C=O) groups is 1. The van der Waals surface area contributed by atoms with Crippen LogP contribution in [0.15, 0.2) is 60.9 Å². The number of nitrogens with one attached hydrogen (secondary N) is 1. The number of rotatable bonds is 9. The van der Waals surface area contributed by atoms with Gasteiger partial charge in [-0.3, -0.25) is 4.79 Å². The van der Waals surface area contributed by atoms with Crippen LogP contribution < -0.4 is 10.1 Å². The number of aliphatic hydroxyl groups is 2. The molecule has 1 fully saturated rings. The van der Waals surface area contributed by atoms with E-state index in [0.717, 1.165) is 40.9 Å². The molecule has 1 saturated heterocycles. The maximum atomic E-state index is 13.7. The van der Waals surface area contributed by atoms with Crippen LogP contribution >= 0.6 is 0 Å². The fraction of sp³-hybridized carbons (Fsp3) is 0.353. The SMILES string of the molecule is COc1ccc(-c2c(C)nn3c(NCc4cccc(-c5nccn5C)c4)cc(C(C)(C)O)nc23)cc1C(=O)N1CCC[C@@H]1CO. The van der Waals surface area contributed by atoms with Gasteiger partial charge >= 0.3 is 0 Å². The molecule has 0 bridgehead atoms. The molecule has 6 rings (SSSR count). The van der Waals surface area contributed by atoms with Crippen molar-refractivity contribution in [3.63, 3.8) is 0 Å². The molecule has 0 spiro atoms. The van der Waals surface area contributed by atoms with E-state index in [0.29, 0.717) is 47.3 Å². The summed E-state index contributed by atoms with van der Waals surface area (Å²) < 4.78 is 9.32. The van der Waals surface area contributed by atoms with Crippen molar-refractivity contribution >= 4 is 17.4 Å². The Kier molecular flexibility index (Phi) is 8.07. The molecule has 2 aromatic carbocycles. The van der Waals surface area contributed by atoms with Crippen LogP contribution in [0.25, 0.3) is 28.2 Å². The molecule has 0 radical (unpaired) electrons. The van der Waals surface area contributed by atoms with Crippen molar-refractivity contribution in [2.75, 3.05) is 25.6 Å². The molecule has 3 N–H and O–H groups in total. The average molecular weight is 610 g/mol. The molecule has 4 heterocycles. The third-order valence-electron chi connectivity index (χ3n) is 8.44. The zero-order valence-electron chi connectivity index (χ0n) is 26.3. The van der Waals surface area contributed by atoms with Gasteiger partial charge in [-0.25, -0.2) is 9.97 Å². The smallest absolute Gasteiger partial charge is 0.257 e. The Morgan fingerprint density at radius 2 is 1.98 bits per heavy atom. The lowest BCUT2D eigenvalue weighted by Gasteiger charge is -2.24. The topological polar surface area (TPSA) is 130 Å². The summed E-state index contributed by atoms with van der Waals surface area (Å²) in [5, 5.41) is 29.2. The molecule has 0 aliphatic carbocycles. The minimum absolute atomic E-state index is 0.0758. The van der Waals surface area contributed by atoms with Gasteiger partial charge in [0.1, 0.15) is 23.0 Å². The van der Waals surface area contributed by atoms with Gasteiger partial charge in [-0.05, 0) is 62.9 Å². The number of methoxy groups -OCH3 is 1. The Labute approximate surface area is 262 Å². The van der Waals surface area contributed by atoms with Gasteiger partial charge in [0, 0.05) is 49.7 Å². The number of amides is 1. The van der Waals surface area contributed by atoms with Crippen LogP contribution in [0.4, 0.5) is 5.82 Å². The van der Waals surface area contributed by atoms with Crippen molar-refractivity contribution in [1.82, 2.24) is 29.0 Å². The van der Waals surface area contributed by atoms with Gasteiger partial charge in [-0.2, -0.15) is 9.61 Å². The third-order valence-corrected chi connectivity index (χ3v) is 8.44. The summed E-state index contributed by atoms with van der Waals surface area (Å²) >= 11 is 0. The summed E-state index contributed by atoms with van der Waals surface area (Å²) in [5.74, 6) is 1.83. The van der Waals surface area contributed by atoms with Gasteiger partial charge < -0.3 is 29.7 Å². The van der Waals surface area contributed by atoms with Gasteiger partial charge in [-0.1, -0.05) is 24.3 Å². The maximum Gasteiger partial charge on any atom is 0.257 e. The number of likely N-dealkylation sites (tertiary alicyclic amines) is 1. The monoisotopic (exact) mass is 609 g/mol. The molecule has 1 aliphatic heterocycles. The summed E-state index contributed by atoms with van der Waals surface area (Å²) in [6.45, 7) is 6.32. The van der Waals surface area contributed by atoms with Crippen molar-refractivity contribution in [2.24, 2.45) is 7.05 Å². The molecule has 11 heteroatoms. The van der Waals surface area contributed by atoms with Gasteiger partial charge in [-0.15, -0.1) is 0 Å². The summed E-state index contributed by atoms with van der Waals surface area (Å²) in [7, 11) is 3.51. The Morgan fingerprint density at radius 1 is 1.16 bits per heavy atom. The molecule has 45 heavy (non-hydrogen) atoms. The Bertz CT molecular complexity index is 1870. The Balaban J connectivity index is 1.40. The summed E-state index contributed by atoms with van der Waals surface area (Å²) in [4.78, 5) is 24.8. The number of hydrogen-bond donors (Lipinski definition) is 3. The van der Waals surface area contributed by atoms with Crippen LogP contribution in [0.5, 0.6) is 5.75 Å². The van der Waals surface area contributed by atoms with E-state index in [-0.39, 0.29) is 18.6 Å². The fourth-order valence-corrected chi connectivity index (χ4v) is 6.04. The van der Waals surface area contributed by atoms with Gasteiger partial charge in [0.25, 0.3) is 5.91 Å². The van der Waals surface area contributed by atoms with E-state index in [2.05, 4.69) is 16.4 Å². The average Bonchev–Trinajstić information content (AvgIpc) is 3.76. The van der Waals surface area contributed by atoms with E-state index < -0.39 is 5.60 Å². The number of carbonyl (C=O) groups excluding carboxylic acids is 1. The van der Waals surface area contributed by atoms with Crippen molar-refractivity contribution in [2.45, 2.75) is 51.8 Å². The molecule has 1 aliphatic rings. The predicted octanol–water partition coefficient (Wildman–Crippen LogP) is 4.55. The number of anilines is 1. The number of ether oxygens (including phenoxy) is 1. The second kappa shape index (κ2) is 12.0. The Morgan fingerprint density at radius 3 is 2.69 bits per heavy atom. The van der Waals surface area contributed by atoms with Gasteiger partial charge in [0.05, 0.1) is 36.7 Å². The quantitative estimate of drug-likeness (QED) is 0.222. The molecule has 3 aromatic heterocycles. The van der Waals surface area contributed by atoms with E-state index in [1.165, 1.54) is 0 Å². The lowest BCUT2D eigenvalue weighted by atomic mass is 10.0. The van der Waals surface area contributed by atoms with Gasteiger partial charge in [0.2, 0.25) is 0 Å². The highest BCUT2D eigenvalue weighted by atomic mass is 16.5. The summed E-state index contributed by atoms with van der Waals surface area (Å²) in [5.41, 5.74) is 4.51. The number of imidazole rings is 1. The van der Waals surface area contributed by atoms with E-state index >= 15 is 0 Å². The largest absolute Gasteiger partial charge is 0.496 e. The van der Waals surface area contributed by atoms with Crippen LogP contribution in [0.1, 0.15) is 54.0 Å². The molecule has 0 saturated carbocycles. The van der Waals surface area contributed by atoms with Gasteiger partial charge in [0.15, 0.2) is 5.65 Å². The van der Waals surface area contributed by atoms with E-state index in [9.17, 15) is 15.0 Å². The van der Waals surface area contributed by atoms with Crippen molar-refractivity contribution in [3.8, 4) is 28.3 Å². The van der Waals surface area contributed by atoms with Crippen LogP contribution in [-0.2, 0) is 19.2 Å². The highest BCUT2D eigenvalue weighted by Crippen LogP contribution is 2.35. The van der Waals surface area contributed by atoms with Crippen molar-refractivity contribution < 1.29 is 19.7 Å². The molecule has 1 amide bonds. The molecular weight excluding hydrogens is 570 g/mol. The predicted molar refractivity (Wildman–Crippen MR) is 172 cm³/mol. The number of aromatic nitrogens is 5. The highest BCUT2D eigenvalue weighted by molar-refractivity contribution is 5.99. The minimum atomic E-state index is -1.22. The number of nitrogens with zero attached hydrogens (tertiary/aromatic N) is 6. The zero-order valence-corrected chi connectivity index (χ0v) is 26.3. The molecule has 0 unspecified atom stereocenters. The Hall–Kier alpha value is -4.74. The first-order valence-electron chi connectivity index (χ1n) is 15.1. The third kappa shape index (κ3) is 5.76.